The van der Waals surface area contributed by atoms with E-state index >= 15 is 0 Å². The molecule has 0 fully saturated rings. The van der Waals surface area contributed by atoms with E-state index in [1.807, 2.05) is 0 Å². The fraction of sp³-hybridized carbons (Fsp3) is 0.368. The molecule has 3 heteroatoms. The first-order chi connectivity index (χ1) is 9.63. The van der Waals surface area contributed by atoms with Crippen molar-refractivity contribution in [1.82, 2.24) is 4.90 Å². The molecule has 2 atom stereocenters. The van der Waals surface area contributed by atoms with E-state index in [-0.39, 0.29) is 27.0 Å². The molecule has 0 amide bonds. The van der Waals surface area contributed by atoms with Crippen molar-refractivity contribution >= 4 is 27.0 Å². The highest BCUT2D eigenvalue weighted by atomic mass is 32.1. The first kappa shape index (κ1) is 21.1. The molecule has 0 aliphatic heterocycles. The summed E-state index contributed by atoms with van der Waals surface area (Å²) in [6, 6.07) is 20.5. The molecule has 0 heterocycles. The van der Waals surface area contributed by atoms with Crippen molar-refractivity contribution in [3.05, 3.63) is 71.3 Å². The Morgan fingerprint density at radius 3 is 1.68 bits per heavy atom. The topological polar surface area (TPSA) is 3.24 Å². The van der Waals surface area contributed by atoms with Crippen LogP contribution in [-0.2, 0) is 0 Å². The third-order valence-corrected chi connectivity index (χ3v) is 4.20. The second kappa shape index (κ2) is 9.98. The molecule has 0 aromatic heterocycles. The Morgan fingerprint density at radius 1 is 0.773 bits per heavy atom. The van der Waals surface area contributed by atoms with Crippen LogP contribution >= 0.6 is 27.0 Å². The lowest BCUT2D eigenvalue weighted by Gasteiger charge is -2.34. The molecule has 0 N–H and O–H groups in total. The third-order valence-electron chi connectivity index (χ3n) is 4.20. The molecular formula is C19H29NS2. The van der Waals surface area contributed by atoms with E-state index in [4.69, 9.17) is 0 Å². The molecule has 0 aliphatic rings. The van der Waals surface area contributed by atoms with Gasteiger partial charge in [-0.05, 0) is 38.4 Å². The zero-order valence-corrected chi connectivity index (χ0v) is 16.0. The van der Waals surface area contributed by atoms with Crippen LogP contribution in [0, 0.1) is 6.92 Å². The molecule has 0 bridgehead atoms. The number of hydrogen-bond donors (Lipinski definition) is 0. The van der Waals surface area contributed by atoms with Crippen LogP contribution in [0.1, 0.15) is 49.5 Å². The van der Waals surface area contributed by atoms with Crippen molar-refractivity contribution in [2.45, 2.75) is 39.8 Å². The summed E-state index contributed by atoms with van der Waals surface area (Å²) in [6.07, 6.45) is 0. The summed E-state index contributed by atoms with van der Waals surface area (Å²) in [6.45, 7) is 10.0. The Bertz CT molecular complexity index is 525. The van der Waals surface area contributed by atoms with E-state index < -0.39 is 0 Å². The van der Waals surface area contributed by atoms with Crippen molar-refractivity contribution < 1.29 is 0 Å². The highest BCUT2D eigenvalue weighted by molar-refractivity contribution is 7.59. The van der Waals surface area contributed by atoms with Crippen molar-refractivity contribution in [1.29, 1.82) is 0 Å². The second-order valence-corrected chi connectivity index (χ2v) is 5.50. The van der Waals surface area contributed by atoms with Crippen molar-refractivity contribution in [2.24, 2.45) is 0 Å². The van der Waals surface area contributed by atoms with Gasteiger partial charge in [0.2, 0.25) is 0 Å². The van der Waals surface area contributed by atoms with Gasteiger partial charge in [0.25, 0.3) is 0 Å². The molecule has 1 nitrogen and oxygen atoms in total. The van der Waals surface area contributed by atoms with Crippen molar-refractivity contribution in [2.75, 3.05) is 6.54 Å². The maximum Gasteiger partial charge on any atom is 0.0325 e. The highest BCUT2D eigenvalue weighted by Gasteiger charge is 2.20. The van der Waals surface area contributed by atoms with Gasteiger partial charge < -0.3 is 0 Å². The van der Waals surface area contributed by atoms with E-state index in [0.717, 1.165) is 6.54 Å². The Labute approximate surface area is 149 Å². The Morgan fingerprint density at radius 2 is 1.23 bits per heavy atom. The SMILES string of the molecule is CCN([C@@H](C)c1ccccc1)[C@@H](C)c1ccc(C)cc1.S.S. The lowest BCUT2D eigenvalue weighted by atomic mass is 10.0. The van der Waals surface area contributed by atoms with Crippen LogP contribution in [0.3, 0.4) is 0 Å². The number of rotatable bonds is 5. The summed E-state index contributed by atoms with van der Waals surface area (Å²) in [5.41, 5.74) is 4.09. The Balaban J connectivity index is 0.00000220. The summed E-state index contributed by atoms with van der Waals surface area (Å²) in [5.74, 6) is 0. The minimum absolute atomic E-state index is 0. The lowest BCUT2D eigenvalue weighted by molar-refractivity contribution is 0.164. The predicted molar refractivity (Wildman–Crippen MR) is 108 cm³/mol. The molecule has 22 heavy (non-hydrogen) atoms. The molecule has 2 aromatic carbocycles. The number of benzene rings is 2. The van der Waals surface area contributed by atoms with E-state index in [0.29, 0.717) is 12.1 Å². The van der Waals surface area contributed by atoms with E-state index in [2.05, 4.69) is 87.2 Å². The molecule has 0 aliphatic carbocycles. The molecule has 122 valence electrons. The van der Waals surface area contributed by atoms with Crippen LogP contribution in [0.15, 0.2) is 54.6 Å². The summed E-state index contributed by atoms with van der Waals surface area (Å²) in [5, 5.41) is 0. The zero-order chi connectivity index (χ0) is 14.5. The van der Waals surface area contributed by atoms with Crippen molar-refractivity contribution in [3.8, 4) is 0 Å². The summed E-state index contributed by atoms with van der Waals surface area (Å²) in [4.78, 5) is 2.54. The summed E-state index contributed by atoms with van der Waals surface area (Å²) in [7, 11) is 0. The molecule has 0 saturated carbocycles. The molecule has 2 aromatic rings. The number of nitrogens with zero attached hydrogens (tertiary/aromatic N) is 1. The molecular weight excluding hydrogens is 306 g/mol. The van der Waals surface area contributed by atoms with Crippen LogP contribution in [-0.4, -0.2) is 11.4 Å². The monoisotopic (exact) mass is 335 g/mol. The van der Waals surface area contributed by atoms with Crippen LogP contribution in [0.4, 0.5) is 0 Å². The molecule has 0 unspecified atom stereocenters. The van der Waals surface area contributed by atoms with Crippen LogP contribution < -0.4 is 0 Å². The Kier molecular flexibility index (Phi) is 9.58. The molecule has 0 saturated heterocycles. The van der Waals surface area contributed by atoms with E-state index in [9.17, 15) is 0 Å². The van der Waals surface area contributed by atoms with E-state index in [1.54, 1.807) is 0 Å². The predicted octanol–water partition coefficient (Wildman–Crippen LogP) is 5.36. The van der Waals surface area contributed by atoms with Crippen molar-refractivity contribution in [3.63, 3.8) is 0 Å². The minimum Gasteiger partial charge on any atom is -0.290 e. The van der Waals surface area contributed by atoms with Crippen LogP contribution in [0.25, 0.3) is 0 Å². The number of hydrogen-bond acceptors (Lipinski definition) is 1. The van der Waals surface area contributed by atoms with Gasteiger partial charge in [0.05, 0.1) is 0 Å². The first-order valence-corrected chi connectivity index (χ1v) is 7.50. The van der Waals surface area contributed by atoms with Crippen LogP contribution in [0.2, 0.25) is 0 Å². The fourth-order valence-corrected chi connectivity index (χ4v) is 2.84. The smallest absolute Gasteiger partial charge is 0.0325 e. The van der Waals surface area contributed by atoms with Gasteiger partial charge in [-0.25, -0.2) is 0 Å². The van der Waals surface area contributed by atoms with Gasteiger partial charge in [0, 0.05) is 12.1 Å². The largest absolute Gasteiger partial charge is 0.290 e. The highest BCUT2D eigenvalue weighted by Crippen LogP contribution is 2.29. The maximum atomic E-state index is 2.54. The van der Waals surface area contributed by atoms with Gasteiger partial charge in [-0.15, -0.1) is 0 Å². The molecule has 0 radical (unpaired) electrons. The van der Waals surface area contributed by atoms with Gasteiger partial charge in [-0.2, -0.15) is 27.0 Å². The fourth-order valence-electron chi connectivity index (χ4n) is 2.84. The normalized spacial score (nSPS) is 13.0. The van der Waals surface area contributed by atoms with Crippen LogP contribution in [0.5, 0.6) is 0 Å². The first-order valence-electron chi connectivity index (χ1n) is 7.50. The zero-order valence-electron chi connectivity index (χ0n) is 14.0. The summed E-state index contributed by atoms with van der Waals surface area (Å²) >= 11 is 0. The van der Waals surface area contributed by atoms with E-state index in [1.165, 1.54) is 16.7 Å². The average molecular weight is 336 g/mol. The molecule has 2 rings (SSSR count). The van der Waals surface area contributed by atoms with Gasteiger partial charge in [0.1, 0.15) is 0 Å². The quantitative estimate of drug-likeness (QED) is 0.710. The summed E-state index contributed by atoms with van der Waals surface area (Å²) < 4.78 is 0. The minimum atomic E-state index is 0. The lowest BCUT2D eigenvalue weighted by Crippen LogP contribution is -2.29. The van der Waals surface area contributed by atoms with Gasteiger partial charge in [0.15, 0.2) is 0 Å². The molecule has 0 spiro atoms. The standard InChI is InChI=1S/C19H25N.2H2S/c1-5-20(16(3)18-9-7-6-8-10-18)17(4)19-13-11-15(2)12-14-19;;/h6-14,16-17H,5H2,1-4H3;2*1H2/t16-,17-;;/m0../s1. The third kappa shape index (κ3) is 5.08. The Hall–Kier alpha value is -0.900. The van der Waals surface area contributed by atoms with Gasteiger partial charge in [-0.3, -0.25) is 4.90 Å². The number of aryl methyl sites for hydroxylation is 1. The maximum absolute atomic E-state index is 2.54. The second-order valence-electron chi connectivity index (χ2n) is 5.50. The van der Waals surface area contributed by atoms with Gasteiger partial charge in [-0.1, -0.05) is 67.1 Å². The van der Waals surface area contributed by atoms with Gasteiger partial charge >= 0.3 is 0 Å². The average Bonchev–Trinajstić information content (AvgIpc) is 2.49.